The van der Waals surface area contributed by atoms with Crippen LogP contribution in [0, 0.1) is 11.8 Å². The molecular weight excluding hydrogens is 464 g/mol. The van der Waals surface area contributed by atoms with Crippen molar-refractivity contribution in [3.63, 3.8) is 0 Å². The molecule has 180 valence electrons. The highest BCUT2D eigenvalue weighted by Crippen LogP contribution is 2.38. The molecule has 4 N–H and O–H groups in total. The molecule has 0 bridgehead atoms. The highest BCUT2D eigenvalue weighted by molar-refractivity contribution is 5.97. The molecule has 7 rings (SSSR count). The van der Waals surface area contributed by atoms with Gasteiger partial charge in [-0.2, -0.15) is 5.10 Å². The number of nitrogens with zero attached hydrogens (tertiary/aromatic N) is 5. The molecule has 5 aromatic rings. The second-order valence-electron chi connectivity index (χ2n) is 9.32. The van der Waals surface area contributed by atoms with Gasteiger partial charge in [0.05, 0.1) is 16.7 Å². The van der Waals surface area contributed by atoms with Crippen LogP contribution in [0.2, 0.25) is 0 Å². The number of nitrogens with one attached hydrogen (secondary N) is 2. The maximum Gasteiger partial charge on any atom is 0.274 e. The zero-order valence-electron chi connectivity index (χ0n) is 19.8. The highest BCUT2D eigenvalue weighted by atomic mass is 16.2. The van der Waals surface area contributed by atoms with Crippen molar-refractivity contribution in [2.24, 2.45) is 0 Å². The van der Waals surface area contributed by atoms with E-state index in [0.29, 0.717) is 29.6 Å². The molecule has 0 saturated carbocycles. The molecule has 9 nitrogen and oxygen atoms in total. The molecule has 1 aliphatic carbocycles. The second-order valence-corrected chi connectivity index (χ2v) is 9.32. The van der Waals surface area contributed by atoms with Crippen molar-refractivity contribution in [3.8, 4) is 11.8 Å². The SMILES string of the molecule is Nc1ccc(C#Cc2ccc3c(n2)C(=O)N(C(c2nc4ccccc4[nH]2)c2n[nH]c4c2CCC4)C3)cn1. The first kappa shape index (κ1) is 21.3. The number of carbonyl (C=O) groups is 1. The number of hydrogen-bond acceptors (Lipinski definition) is 6. The number of imidazole rings is 1. The van der Waals surface area contributed by atoms with Gasteiger partial charge in [-0.25, -0.2) is 15.0 Å². The van der Waals surface area contributed by atoms with Gasteiger partial charge >= 0.3 is 0 Å². The molecule has 9 heteroatoms. The van der Waals surface area contributed by atoms with E-state index in [-0.39, 0.29) is 5.91 Å². The van der Waals surface area contributed by atoms with Gasteiger partial charge in [-0.3, -0.25) is 9.89 Å². The molecule has 1 aromatic carbocycles. The van der Waals surface area contributed by atoms with Gasteiger partial charge in [0.25, 0.3) is 5.91 Å². The molecule has 5 heterocycles. The Balaban J connectivity index is 1.27. The monoisotopic (exact) mass is 486 g/mol. The summed E-state index contributed by atoms with van der Waals surface area (Å²) in [7, 11) is 0. The number of nitrogen functional groups attached to an aromatic ring is 1. The number of para-hydroxylation sites is 2. The van der Waals surface area contributed by atoms with Crippen LogP contribution in [0.25, 0.3) is 11.0 Å². The molecule has 4 aromatic heterocycles. The zero-order chi connectivity index (χ0) is 24.9. The molecule has 0 fully saturated rings. The summed E-state index contributed by atoms with van der Waals surface area (Å²) in [4.78, 5) is 32.6. The third-order valence-electron chi connectivity index (χ3n) is 6.98. The van der Waals surface area contributed by atoms with Crippen molar-refractivity contribution < 1.29 is 4.79 Å². The van der Waals surface area contributed by atoms with Crippen LogP contribution in [-0.2, 0) is 19.4 Å². The Labute approximate surface area is 212 Å². The Morgan fingerprint density at radius 1 is 1.03 bits per heavy atom. The first-order chi connectivity index (χ1) is 18.1. The minimum Gasteiger partial charge on any atom is -0.384 e. The molecule has 0 radical (unpaired) electrons. The first-order valence-corrected chi connectivity index (χ1v) is 12.2. The fourth-order valence-electron chi connectivity index (χ4n) is 5.18. The van der Waals surface area contributed by atoms with E-state index in [0.717, 1.165) is 52.8 Å². The van der Waals surface area contributed by atoms with E-state index in [1.807, 2.05) is 41.3 Å². The standard InChI is InChI=1S/C28H22N8O/c29-23-13-9-16(14-30-23)8-11-18-12-10-17-15-36(28(37)24(17)31-18)26(25-19-4-3-7-20(19)34-35-25)27-32-21-5-1-2-6-22(21)33-27/h1-2,5-6,9-10,12-14,26H,3-4,7,15H2,(H2,29,30)(H,32,33)(H,34,35). The molecule has 1 atom stereocenters. The summed E-state index contributed by atoms with van der Waals surface area (Å²) in [5, 5.41) is 7.87. The number of pyridine rings is 2. The lowest BCUT2D eigenvalue weighted by Crippen LogP contribution is -2.32. The molecule has 0 spiro atoms. The number of H-pyrrole nitrogens is 2. The lowest BCUT2D eigenvalue weighted by atomic mass is 10.1. The maximum absolute atomic E-state index is 13.8. The fourth-order valence-corrected chi connectivity index (χ4v) is 5.18. The van der Waals surface area contributed by atoms with Crippen molar-refractivity contribution in [3.05, 3.63) is 100 Å². The summed E-state index contributed by atoms with van der Waals surface area (Å²) < 4.78 is 0. The summed E-state index contributed by atoms with van der Waals surface area (Å²) in [6.07, 6.45) is 4.59. The largest absolute Gasteiger partial charge is 0.384 e. The van der Waals surface area contributed by atoms with Crippen molar-refractivity contribution in [2.45, 2.75) is 31.8 Å². The minimum absolute atomic E-state index is 0.159. The van der Waals surface area contributed by atoms with Crippen LogP contribution in [-0.4, -0.2) is 40.9 Å². The summed E-state index contributed by atoms with van der Waals surface area (Å²) in [5.74, 6) is 7.05. The van der Waals surface area contributed by atoms with Crippen molar-refractivity contribution in [1.29, 1.82) is 0 Å². The number of amides is 1. The third-order valence-corrected chi connectivity index (χ3v) is 6.98. The molecule has 1 aliphatic heterocycles. The van der Waals surface area contributed by atoms with E-state index in [9.17, 15) is 4.79 Å². The van der Waals surface area contributed by atoms with E-state index < -0.39 is 6.04 Å². The Morgan fingerprint density at radius 2 is 1.95 bits per heavy atom. The van der Waals surface area contributed by atoms with Crippen LogP contribution in [0.4, 0.5) is 5.82 Å². The molecule has 37 heavy (non-hydrogen) atoms. The topological polar surface area (TPSA) is 129 Å². The Hall–Kier alpha value is -4.97. The predicted octanol–water partition coefficient (Wildman–Crippen LogP) is 3.29. The van der Waals surface area contributed by atoms with E-state index in [4.69, 9.17) is 10.7 Å². The first-order valence-electron chi connectivity index (χ1n) is 12.2. The van der Waals surface area contributed by atoms with Gasteiger partial charge in [0.2, 0.25) is 0 Å². The third kappa shape index (κ3) is 3.62. The number of rotatable bonds is 3. The summed E-state index contributed by atoms with van der Waals surface area (Å²) in [6.45, 7) is 0.417. The van der Waals surface area contributed by atoms with Gasteiger partial charge in [-0.05, 0) is 61.1 Å². The van der Waals surface area contributed by atoms with Gasteiger partial charge in [0, 0.05) is 29.6 Å². The Bertz CT molecular complexity index is 1700. The van der Waals surface area contributed by atoms with Gasteiger partial charge < -0.3 is 15.6 Å². The maximum atomic E-state index is 13.8. The molecule has 2 aliphatic rings. The van der Waals surface area contributed by atoms with Crippen molar-refractivity contribution in [1.82, 2.24) is 35.0 Å². The van der Waals surface area contributed by atoms with Crippen molar-refractivity contribution in [2.75, 3.05) is 5.73 Å². The number of nitrogens with two attached hydrogens (primary N) is 1. The lowest BCUT2D eigenvalue weighted by Gasteiger charge is -2.25. The second kappa shape index (κ2) is 8.31. The van der Waals surface area contributed by atoms with Gasteiger partial charge in [0.1, 0.15) is 29.1 Å². The average molecular weight is 487 g/mol. The Kier molecular flexibility index (Phi) is 4.79. The molecular formula is C28H22N8O. The zero-order valence-corrected chi connectivity index (χ0v) is 19.8. The fraction of sp³-hybridized carbons (Fsp3) is 0.179. The number of anilines is 1. The summed E-state index contributed by atoms with van der Waals surface area (Å²) >= 11 is 0. The molecule has 1 amide bonds. The smallest absolute Gasteiger partial charge is 0.274 e. The van der Waals surface area contributed by atoms with Gasteiger partial charge in [-0.1, -0.05) is 24.1 Å². The van der Waals surface area contributed by atoms with Gasteiger partial charge in [-0.15, -0.1) is 0 Å². The summed E-state index contributed by atoms with van der Waals surface area (Å²) in [6, 6.07) is 14.7. The van der Waals surface area contributed by atoms with E-state index in [2.05, 4.69) is 37.0 Å². The van der Waals surface area contributed by atoms with Crippen LogP contribution < -0.4 is 5.73 Å². The average Bonchev–Trinajstić information content (AvgIpc) is 3.69. The minimum atomic E-state index is -0.456. The lowest BCUT2D eigenvalue weighted by molar-refractivity contribution is 0.0717. The Morgan fingerprint density at radius 3 is 2.81 bits per heavy atom. The number of fused-ring (bicyclic) bond motifs is 3. The van der Waals surface area contributed by atoms with Crippen LogP contribution in [0.15, 0.2) is 54.7 Å². The number of aromatic nitrogens is 6. The normalized spacial score (nSPS) is 14.9. The number of benzene rings is 1. The van der Waals surface area contributed by atoms with Crippen LogP contribution in [0.1, 0.15) is 62.5 Å². The number of hydrogen-bond donors (Lipinski definition) is 3. The summed E-state index contributed by atoms with van der Waals surface area (Å²) in [5.41, 5.74) is 13.1. The van der Waals surface area contributed by atoms with Crippen LogP contribution in [0.5, 0.6) is 0 Å². The van der Waals surface area contributed by atoms with E-state index in [1.54, 1.807) is 18.3 Å². The van der Waals surface area contributed by atoms with E-state index in [1.165, 1.54) is 5.56 Å². The van der Waals surface area contributed by atoms with Crippen LogP contribution >= 0.6 is 0 Å². The van der Waals surface area contributed by atoms with Crippen LogP contribution in [0.3, 0.4) is 0 Å². The predicted molar refractivity (Wildman–Crippen MR) is 137 cm³/mol. The number of aromatic amines is 2. The van der Waals surface area contributed by atoms with Gasteiger partial charge in [0.15, 0.2) is 0 Å². The van der Waals surface area contributed by atoms with Crippen molar-refractivity contribution >= 4 is 22.8 Å². The highest BCUT2D eigenvalue weighted by Gasteiger charge is 2.40. The molecule has 0 saturated heterocycles. The number of aryl methyl sites for hydroxylation is 1. The molecule has 1 unspecified atom stereocenters. The number of carbonyl (C=O) groups excluding carboxylic acids is 1. The quantitative estimate of drug-likeness (QED) is 0.336. The van der Waals surface area contributed by atoms with E-state index >= 15 is 0 Å².